The zero-order valence-corrected chi connectivity index (χ0v) is 14.9. The molecule has 1 aliphatic rings. The van der Waals surface area contributed by atoms with Crippen molar-refractivity contribution in [3.05, 3.63) is 57.6 Å². The minimum absolute atomic E-state index is 0.232. The van der Waals surface area contributed by atoms with Crippen molar-refractivity contribution in [2.45, 2.75) is 17.7 Å². The van der Waals surface area contributed by atoms with Crippen molar-refractivity contribution in [2.24, 2.45) is 0 Å². The highest BCUT2D eigenvalue weighted by Crippen LogP contribution is 2.40. The molecule has 4 heteroatoms. The molecule has 0 radical (unpaired) electrons. The lowest BCUT2D eigenvalue weighted by atomic mass is 10.0. The van der Waals surface area contributed by atoms with Crippen LogP contribution in [0, 0.1) is 0 Å². The van der Waals surface area contributed by atoms with Crippen molar-refractivity contribution >= 4 is 31.9 Å². The number of benzene rings is 2. The average molecular weight is 412 g/mol. The van der Waals surface area contributed by atoms with Crippen LogP contribution in [0.3, 0.4) is 0 Å². The SMILES string of the molecule is COc1ccc(CC(Br)c2cc(Br)cc3c2OCC3)cc1. The van der Waals surface area contributed by atoms with Crippen molar-refractivity contribution < 1.29 is 9.47 Å². The van der Waals surface area contributed by atoms with E-state index in [-0.39, 0.29) is 4.83 Å². The van der Waals surface area contributed by atoms with E-state index in [4.69, 9.17) is 9.47 Å². The van der Waals surface area contributed by atoms with E-state index in [2.05, 4.69) is 56.1 Å². The number of hydrogen-bond acceptors (Lipinski definition) is 2. The van der Waals surface area contributed by atoms with Crippen LogP contribution in [0.4, 0.5) is 0 Å². The van der Waals surface area contributed by atoms with Gasteiger partial charge >= 0.3 is 0 Å². The Kier molecular flexibility index (Phi) is 4.55. The first-order valence-corrected chi connectivity index (χ1v) is 8.60. The standard InChI is InChI=1S/C17H16Br2O2/c1-20-14-4-2-11(3-5-14)8-16(19)15-10-13(18)9-12-6-7-21-17(12)15/h2-5,9-10,16H,6-8H2,1H3. The topological polar surface area (TPSA) is 18.5 Å². The number of ether oxygens (including phenoxy) is 2. The summed E-state index contributed by atoms with van der Waals surface area (Å²) in [6.45, 7) is 0.779. The Balaban J connectivity index is 1.83. The molecule has 3 rings (SSSR count). The minimum atomic E-state index is 0.232. The van der Waals surface area contributed by atoms with E-state index >= 15 is 0 Å². The first-order valence-electron chi connectivity index (χ1n) is 6.89. The van der Waals surface area contributed by atoms with Gasteiger partial charge in [0.05, 0.1) is 13.7 Å². The van der Waals surface area contributed by atoms with Crippen LogP contribution in [0.2, 0.25) is 0 Å². The van der Waals surface area contributed by atoms with Gasteiger partial charge in [-0.1, -0.05) is 44.0 Å². The Hall–Kier alpha value is -1.00. The van der Waals surface area contributed by atoms with Crippen LogP contribution in [0.1, 0.15) is 21.5 Å². The number of hydrogen-bond donors (Lipinski definition) is 0. The predicted molar refractivity (Wildman–Crippen MR) is 91.7 cm³/mol. The molecule has 0 bridgehead atoms. The Morgan fingerprint density at radius 3 is 2.71 bits per heavy atom. The van der Waals surface area contributed by atoms with E-state index in [0.29, 0.717) is 0 Å². The van der Waals surface area contributed by atoms with Gasteiger partial charge < -0.3 is 9.47 Å². The maximum atomic E-state index is 5.81. The van der Waals surface area contributed by atoms with Gasteiger partial charge in [-0.3, -0.25) is 0 Å². The van der Waals surface area contributed by atoms with Gasteiger partial charge in [0.15, 0.2) is 0 Å². The molecule has 0 fully saturated rings. The lowest BCUT2D eigenvalue weighted by Crippen LogP contribution is -1.99. The highest BCUT2D eigenvalue weighted by molar-refractivity contribution is 9.10. The number of alkyl halides is 1. The number of rotatable bonds is 4. The minimum Gasteiger partial charge on any atom is -0.497 e. The molecule has 0 aliphatic carbocycles. The highest BCUT2D eigenvalue weighted by Gasteiger charge is 2.22. The van der Waals surface area contributed by atoms with Gasteiger partial charge in [-0.05, 0) is 41.8 Å². The fourth-order valence-electron chi connectivity index (χ4n) is 2.61. The van der Waals surface area contributed by atoms with Crippen molar-refractivity contribution in [1.82, 2.24) is 0 Å². The monoisotopic (exact) mass is 410 g/mol. The van der Waals surface area contributed by atoms with Crippen LogP contribution < -0.4 is 9.47 Å². The smallest absolute Gasteiger partial charge is 0.127 e. The Bertz CT molecular complexity index is 638. The molecule has 1 heterocycles. The zero-order valence-electron chi connectivity index (χ0n) is 11.7. The van der Waals surface area contributed by atoms with E-state index in [1.807, 2.05) is 12.1 Å². The Morgan fingerprint density at radius 2 is 2.00 bits per heavy atom. The molecule has 21 heavy (non-hydrogen) atoms. The zero-order chi connectivity index (χ0) is 14.8. The molecule has 0 saturated heterocycles. The van der Waals surface area contributed by atoms with Crippen molar-refractivity contribution in [2.75, 3.05) is 13.7 Å². The van der Waals surface area contributed by atoms with Gasteiger partial charge in [-0.15, -0.1) is 0 Å². The van der Waals surface area contributed by atoms with Crippen molar-refractivity contribution in [3.63, 3.8) is 0 Å². The van der Waals surface area contributed by atoms with Crippen LogP contribution in [-0.2, 0) is 12.8 Å². The molecule has 2 nitrogen and oxygen atoms in total. The van der Waals surface area contributed by atoms with E-state index in [0.717, 1.165) is 35.4 Å². The Morgan fingerprint density at radius 1 is 1.24 bits per heavy atom. The van der Waals surface area contributed by atoms with Crippen LogP contribution in [0.15, 0.2) is 40.9 Å². The highest BCUT2D eigenvalue weighted by atomic mass is 79.9. The largest absolute Gasteiger partial charge is 0.497 e. The van der Waals surface area contributed by atoms with E-state index in [9.17, 15) is 0 Å². The van der Waals surface area contributed by atoms with E-state index in [1.165, 1.54) is 16.7 Å². The van der Waals surface area contributed by atoms with Gasteiger partial charge in [0.2, 0.25) is 0 Å². The summed E-state index contributed by atoms with van der Waals surface area (Å²) in [4.78, 5) is 0.232. The second kappa shape index (κ2) is 6.41. The number of methoxy groups -OCH3 is 1. The summed E-state index contributed by atoms with van der Waals surface area (Å²) in [7, 11) is 1.68. The second-order valence-corrected chi connectivity index (χ2v) is 7.12. The maximum absolute atomic E-state index is 5.81. The summed E-state index contributed by atoms with van der Waals surface area (Å²) in [5, 5.41) is 0. The quantitative estimate of drug-likeness (QED) is 0.653. The molecule has 0 N–H and O–H groups in total. The average Bonchev–Trinajstić information content (AvgIpc) is 2.95. The normalized spacial score (nSPS) is 14.4. The van der Waals surface area contributed by atoms with Crippen molar-refractivity contribution in [3.8, 4) is 11.5 Å². The fraction of sp³-hybridized carbons (Fsp3) is 0.294. The molecule has 1 atom stereocenters. The van der Waals surface area contributed by atoms with Crippen LogP contribution in [0.5, 0.6) is 11.5 Å². The molecule has 2 aromatic rings. The summed E-state index contributed by atoms with van der Waals surface area (Å²) in [6.07, 6.45) is 1.90. The molecular formula is C17H16Br2O2. The van der Waals surface area contributed by atoms with Crippen LogP contribution in [0.25, 0.3) is 0 Å². The van der Waals surface area contributed by atoms with Gasteiger partial charge in [-0.25, -0.2) is 0 Å². The van der Waals surface area contributed by atoms with E-state index < -0.39 is 0 Å². The molecule has 110 valence electrons. The molecule has 0 spiro atoms. The summed E-state index contributed by atoms with van der Waals surface area (Å²) in [5.74, 6) is 1.94. The summed E-state index contributed by atoms with van der Waals surface area (Å²) in [5.41, 5.74) is 3.77. The molecular weight excluding hydrogens is 396 g/mol. The fourth-order valence-corrected chi connectivity index (χ4v) is 3.85. The number of fused-ring (bicyclic) bond motifs is 1. The molecule has 0 amide bonds. The Labute approximate surface area is 141 Å². The first kappa shape index (κ1) is 14.9. The van der Waals surface area contributed by atoms with E-state index in [1.54, 1.807) is 7.11 Å². The summed E-state index contributed by atoms with van der Waals surface area (Å²) in [6, 6.07) is 12.5. The summed E-state index contributed by atoms with van der Waals surface area (Å²) >= 11 is 7.41. The molecule has 2 aromatic carbocycles. The predicted octanol–water partition coefficient (Wildman–Crippen LogP) is 5.07. The van der Waals surface area contributed by atoms with Crippen LogP contribution >= 0.6 is 31.9 Å². The van der Waals surface area contributed by atoms with Gasteiger partial charge in [0.1, 0.15) is 11.5 Å². The number of halogens is 2. The van der Waals surface area contributed by atoms with Gasteiger partial charge in [0, 0.05) is 21.3 Å². The third-order valence-electron chi connectivity index (χ3n) is 3.69. The third kappa shape index (κ3) is 3.27. The lowest BCUT2D eigenvalue weighted by Gasteiger charge is -2.15. The molecule has 0 saturated carbocycles. The molecule has 0 aromatic heterocycles. The summed E-state index contributed by atoms with van der Waals surface area (Å²) < 4.78 is 12.1. The first-order chi connectivity index (χ1) is 10.2. The van der Waals surface area contributed by atoms with Crippen LogP contribution in [-0.4, -0.2) is 13.7 Å². The van der Waals surface area contributed by atoms with Crippen molar-refractivity contribution in [1.29, 1.82) is 0 Å². The maximum Gasteiger partial charge on any atom is 0.127 e. The second-order valence-electron chi connectivity index (χ2n) is 5.10. The lowest BCUT2D eigenvalue weighted by molar-refractivity contribution is 0.353. The van der Waals surface area contributed by atoms with Gasteiger partial charge in [0.25, 0.3) is 0 Å². The third-order valence-corrected chi connectivity index (χ3v) is 4.96. The van der Waals surface area contributed by atoms with Gasteiger partial charge in [-0.2, -0.15) is 0 Å². The molecule has 1 aliphatic heterocycles. The molecule has 1 unspecified atom stereocenters.